The van der Waals surface area contributed by atoms with Gasteiger partial charge < -0.3 is 5.11 Å². The highest BCUT2D eigenvalue weighted by Gasteiger charge is 2.38. The van der Waals surface area contributed by atoms with Crippen LogP contribution in [0, 0.1) is 0 Å². The topological polar surface area (TPSA) is 109 Å². The van der Waals surface area contributed by atoms with Crippen molar-refractivity contribution in [3.8, 4) is 0 Å². The fourth-order valence-corrected chi connectivity index (χ4v) is 5.98. The van der Waals surface area contributed by atoms with Crippen LogP contribution in [0.5, 0.6) is 0 Å². The van der Waals surface area contributed by atoms with Gasteiger partial charge in [-0.2, -0.15) is 0 Å². The first-order valence-electron chi connectivity index (χ1n) is 6.57. The highest BCUT2D eigenvalue weighted by Crippen LogP contribution is 2.25. The van der Waals surface area contributed by atoms with Gasteiger partial charge in [0.25, 0.3) is 0 Å². The molecule has 20 heavy (non-hydrogen) atoms. The number of carboxylic acid groups (broad SMARTS) is 1. The second-order valence-corrected chi connectivity index (χ2v) is 10.0. The Hall–Kier alpha value is -0.670. The number of carboxylic acids is 1. The molecule has 0 radical (unpaired) electrons. The Balaban J connectivity index is 2.10. The first-order valence-corrected chi connectivity index (χ1v) is 10.2. The van der Waals surface area contributed by atoms with Crippen molar-refractivity contribution in [1.29, 1.82) is 0 Å². The van der Waals surface area contributed by atoms with Crippen LogP contribution < -0.4 is 0 Å². The summed E-state index contributed by atoms with van der Waals surface area (Å²) in [5.41, 5.74) is 0. The van der Waals surface area contributed by atoms with Gasteiger partial charge in [0, 0.05) is 18.6 Å². The molecule has 2 saturated heterocycles. The molecule has 0 spiro atoms. The first-order chi connectivity index (χ1) is 9.19. The lowest BCUT2D eigenvalue weighted by Crippen LogP contribution is -2.55. The second kappa shape index (κ2) is 5.61. The Morgan fingerprint density at radius 1 is 1.05 bits per heavy atom. The summed E-state index contributed by atoms with van der Waals surface area (Å²) in [4.78, 5) is 12.8. The van der Waals surface area contributed by atoms with Gasteiger partial charge >= 0.3 is 5.97 Å². The van der Waals surface area contributed by atoms with Crippen LogP contribution in [0.25, 0.3) is 0 Å². The molecule has 0 bridgehead atoms. The minimum atomic E-state index is -3.20. The van der Waals surface area contributed by atoms with Crippen LogP contribution in [0.4, 0.5) is 0 Å². The van der Waals surface area contributed by atoms with Crippen LogP contribution in [0.15, 0.2) is 0 Å². The second-order valence-electron chi connectivity index (χ2n) is 5.49. The molecule has 2 heterocycles. The van der Waals surface area contributed by atoms with Crippen molar-refractivity contribution in [2.24, 2.45) is 0 Å². The van der Waals surface area contributed by atoms with Crippen molar-refractivity contribution in [2.75, 3.05) is 29.6 Å². The molecule has 1 atom stereocenters. The van der Waals surface area contributed by atoms with E-state index in [-0.39, 0.29) is 35.5 Å². The fourth-order valence-electron chi connectivity index (χ4n) is 2.97. The summed E-state index contributed by atoms with van der Waals surface area (Å²) < 4.78 is 46.2. The van der Waals surface area contributed by atoms with Crippen molar-refractivity contribution in [3.05, 3.63) is 0 Å². The van der Waals surface area contributed by atoms with Crippen LogP contribution in [0.1, 0.15) is 19.3 Å². The summed E-state index contributed by atoms with van der Waals surface area (Å²) in [6.07, 6.45) is 0.694. The van der Waals surface area contributed by atoms with E-state index in [1.807, 2.05) is 4.90 Å². The molecular weight excluding hydrogens is 306 g/mol. The maximum absolute atomic E-state index is 11.7. The number of carbonyl (C=O) groups is 1. The van der Waals surface area contributed by atoms with Gasteiger partial charge in [-0.05, 0) is 12.8 Å². The lowest BCUT2D eigenvalue weighted by Gasteiger charge is -2.41. The van der Waals surface area contributed by atoms with E-state index < -0.39 is 31.7 Å². The molecule has 2 aliphatic heterocycles. The third-order valence-electron chi connectivity index (χ3n) is 3.98. The van der Waals surface area contributed by atoms with Crippen molar-refractivity contribution >= 4 is 25.6 Å². The van der Waals surface area contributed by atoms with Crippen LogP contribution in [0.3, 0.4) is 0 Å². The highest BCUT2D eigenvalue weighted by atomic mass is 32.2. The Bertz CT molecular complexity index is 568. The zero-order valence-corrected chi connectivity index (χ0v) is 12.7. The van der Waals surface area contributed by atoms with E-state index >= 15 is 0 Å². The zero-order chi connectivity index (χ0) is 15.0. The van der Waals surface area contributed by atoms with Crippen molar-refractivity contribution in [3.63, 3.8) is 0 Å². The van der Waals surface area contributed by atoms with Gasteiger partial charge in [0.1, 0.15) is 9.84 Å². The molecule has 0 aromatic rings. The SMILES string of the molecule is O=C(O)CC1CS(=O)(=O)CCN1C1CCS(=O)(=O)CC1. The van der Waals surface area contributed by atoms with E-state index in [0.29, 0.717) is 19.4 Å². The molecule has 2 rings (SSSR count). The number of nitrogens with zero attached hydrogens (tertiary/aromatic N) is 1. The molecule has 116 valence electrons. The monoisotopic (exact) mass is 325 g/mol. The van der Waals surface area contributed by atoms with E-state index in [1.54, 1.807) is 0 Å². The molecule has 2 aliphatic rings. The van der Waals surface area contributed by atoms with E-state index in [9.17, 15) is 21.6 Å². The van der Waals surface area contributed by atoms with Crippen LogP contribution in [-0.2, 0) is 24.5 Å². The summed E-state index contributed by atoms with van der Waals surface area (Å²) >= 11 is 0. The molecule has 2 fully saturated rings. The lowest BCUT2D eigenvalue weighted by atomic mass is 10.1. The summed E-state index contributed by atoms with van der Waals surface area (Å²) in [6.45, 7) is 0.297. The predicted octanol–water partition coefficient (Wildman–Crippen LogP) is -0.863. The molecule has 0 aromatic carbocycles. The summed E-state index contributed by atoms with van der Waals surface area (Å²) in [6, 6.07) is -0.574. The standard InChI is InChI=1S/C11H19NO6S2/c13-11(14)7-10-8-20(17,18)6-3-12(10)9-1-4-19(15,16)5-2-9/h9-10H,1-8H2,(H,13,14). The third kappa shape index (κ3) is 3.92. The van der Waals surface area contributed by atoms with Gasteiger partial charge in [-0.1, -0.05) is 0 Å². The van der Waals surface area contributed by atoms with Crippen LogP contribution in [0.2, 0.25) is 0 Å². The summed E-state index contributed by atoms with van der Waals surface area (Å²) in [5, 5.41) is 8.92. The number of hydrogen-bond acceptors (Lipinski definition) is 6. The van der Waals surface area contributed by atoms with Crippen molar-refractivity contribution < 1.29 is 26.7 Å². The van der Waals surface area contributed by atoms with Crippen molar-refractivity contribution in [2.45, 2.75) is 31.3 Å². The Kier molecular flexibility index (Phi) is 4.41. The van der Waals surface area contributed by atoms with Crippen molar-refractivity contribution in [1.82, 2.24) is 4.90 Å². The van der Waals surface area contributed by atoms with Gasteiger partial charge in [-0.15, -0.1) is 0 Å². The van der Waals surface area contributed by atoms with Gasteiger partial charge in [0.2, 0.25) is 0 Å². The van der Waals surface area contributed by atoms with Crippen LogP contribution in [-0.4, -0.2) is 74.5 Å². The largest absolute Gasteiger partial charge is 0.481 e. The van der Waals surface area contributed by atoms with Crippen LogP contribution >= 0.6 is 0 Å². The Labute approximate surface area is 118 Å². The summed E-state index contributed by atoms with van der Waals surface area (Å²) in [5.74, 6) is -0.961. The molecule has 0 amide bonds. The van der Waals surface area contributed by atoms with E-state index in [1.165, 1.54) is 0 Å². The fraction of sp³-hybridized carbons (Fsp3) is 0.909. The number of sulfone groups is 2. The third-order valence-corrected chi connectivity index (χ3v) is 7.39. The summed E-state index contributed by atoms with van der Waals surface area (Å²) in [7, 11) is -6.17. The Morgan fingerprint density at radius 2 is 1.65 bits per heavy atom. The lowest BCUT2D eigenvalue weighted by molar-refractivity contribution is -0.138. The molecular formula is C11H19NO6S2. The predicted molar refractivity (Wildman–Crippen MR) is 73.1 cm³/mol. The maximum Gasteiger partial charge on any atom is 0.304 e. The van der Waals surface area contributed by atoms with Gasteiger partial charge in [-0.3, -0.25) is 9.69 Å². The van der Waals surface area contributed by atoms with E-state index in [0.717, 1.165) is 0 Å². The normalized spacial score (nSPS) is 30.9. The Morgan fingerprint density at radius 3 is 2.20 bits per heavy atom. The maximum atomic E-state index is 11.7. The number of rotatable bonds is 3. The number of hydrogen-bond donors (Lipinski definition) is 1. The molecule has 7 nitrogen and oxygen atoms in total. The average Bonchev–Trinajstić information content (AvgIpc) is 2.28. The minimum Gasteiger partial charge on any atom is -0.481 e. The van der Waals surface area contributed by atoms with Gasteiger partial charge in [0.15, 0.2) is 9.84 Å². The molecule has 9 heteroatoms. The average molecular weight is 325 g/mol. The smallest absolute Gasteiger partial charge is 0.304 e. The molecule has 0 saturated carbocycles. The molecule has 0 aliphatic carbocycles. The van der Waals surface area contributed by atoms with Gasteiger partial charge in [0.05, 0.1) is 29.4 Å². The van der Waals surface area contributed by atoms with E-state index in [2.05, 4.69) is 0 Å². The molecule has 1 unspecified atom stereocenters. The minimum absolute atomic E-state index is 0.0202. The quantitative estimate of drug-likeness (QED) is 0.719. The molecule has 1 N–H and O–H groups in total. The molecule has 0 aromatic heterocycles. The highest BCUT2D eigenvalue weighted by molar-refractivity contribution is 7.91. The zero-order valence-electron chi connectivity index (χ0n) is 11.1. The number of aliphatic carboxylic acids is 1. The van der Waals surface area contributed by atoms with Gasteiger partial charge in [-0.25, -0.2) is 16.8 Å². The van der Waals surface area contributed by atoms with E-state index in [4.69, 9.17) is 5.11 Å². The first kappa shape index (κ1) is 15.7.